The number of aryl methyl sites for hydroxylation is 1. The monoisotopic (exact) mass is 533 g/mol. The predicted octanol–water partition coefficient (Wildman–Crippen LogP) is 3.77. The molecule has 0 saturated carbocycles. The Balaban J connectivity index is 1.61. The van der Waals surface area contributed by atoms with Crippen molar-refractivity contribution in [2.75, 3.05) is 41.4 Å². The van der Waals surface area contributed by atoms with Crippen LogP contribution in [0.1, 0.15) is 24.8 Å². The number of anilines is 4. The Morgan fingerprint density at radius 1 is 1.08 bits per heavy atom. The summed E-state index contributed by atoms with van der Waals surface area (Å²) in [7, 11) is 3.66. The second kappa shape index (κ2) is 9.49. The molecule has 0 saturated heterocycles. The highest BCUT2D eigenvalue weighted by molar-refractivity contribution is 6.06. The molecule has 0 atom stereocenters. The molecule has 0 spiro atoms. The van der Waals surface area contributed by atoms with Crippen LogP contribution in [-0.2, 0) is 18.4 Å². The Morgan fingerprint density at radius 3 is 2.67 bits per heavy atom. The zero-order valence-electron chi connectivity index (χ0n) is 21.8. The molecule has 9 nitrogen and oxygen atoms in total. The Bertz CT molecular complexity index is 1680. The first kappa shape index (κ1) is 25.1. The van der Waals surface area contributed by atoms with E-state index in [2.05, 4.69) is 14.9 Å². The smallest absolute Gasteiger partial charge is 0.274 e. The topological polar surface area (TPSA) is 103 Å². The zero-order chi connectivity index (χ0) is 27.4. The second-order valence-corrected chi connectivity index (χ2v) is 10.1. The third kappa shape index (κ3) is 4.04. The third-order valence-electron chi connectivity index (χ3n) is 7.64. The number of carbonyl (C=O) groups is 1. The normalized spacial score (nSPS) is 14.4. The van der Waals surface area contributed by atoms with Gasteiger partial charge in [-0.15, -0.1) is 0 Å². The summed E-state index contributed by atoms with van der Waals surface area (Å²) in [6, 6.07) is 4.68. The fourth-order valence-corrected chi connectivity index (χ4v) is 5.65. The van der Waals surface area contributed by atoms with Crippen molar-refractivity contribution >= 4 is 39.7 Å². The molecule has 0 aliphatic carbocycles. The van der Waals surface area contributed by atoms with Crippen LogP contribution in [0, 0.1) is 11.6 Å². The van der Waals surface area contributed by atoms with Crippen molar-refractivity contribution in [2.24, 2.45) is 12.8 Å². The third-order valence-corrected chi connectivity index (χ3v) is 7.64. The molecule has 2 aliphatic rings. The molecule has 0 radical (unpaired) electrons. The number of nitrogens with one attached hydrogen (secondary N) is 1. The van der Waals surface area contributed by atoms with E-state index in [9.17, 15) is 14.0 Å². The molecule has 4 aromatic rings. The number of hydrogen-bond acceptors (Lipinski definition) is 6. The molecule has 0 unspecified atom stereocenters. The Kier molecular flexibility index (Phi) is 6.10. The highest BCUT2D eigenvalue weighted by atomic mass is 19.1. The van der Waals surface area contributed by atoms with Crippen LogP contribution >= 0.6 is 0 Å². The van der Waals surface area contributed by atoms with Gasteiger partial charge in [0, 0.05) is 68.6 Å². The van der Waals surface area contributed by atoms with Crippen LogP contribution in [0.3, 0.4) is 0 Å². The Morgan fingerprint density at radius 2 is 1.90 bits per heavy atom. The van der Waals surface area contributed by atoms with E-state index in [0.717, 1.165) is 46.4 Å². The maximum atomic E-state index is 15.2. The van der Waals surface area contributed by atoms with Crippen molar-refractivity contribution < 1.29 is 13.6 Å². The van der Waals surface area contributed by atoms with Gasteiger partial charge < -0.3 is 30.0 Å². The largest absolute Gasteiger partial charge is 0.371 e. The van der Waals surface area contributed by atoms with Crippen LogP contribution in [-0.4, -0.2) is 47.1 Å². The van der Waals surface area contributed by atoms with Crippen LogP contribution in [0.2, 0.25) is 0 Å². The number of fused-ring (bicyclic) bond motifs is 3. The van der Waals surface area contributed by atoms with E-state index >= 15 is 4.39 Å². The van der Waals surface area contributed by atoms with Gasteiger partial charge >= 0.3 is 0 Å². The average Bonchev–Trinajstić information content (AvgIpc) is 3.28. The van der Waals surface area contributed by atoms with Gasteiger partial charge in [-0.1, -0.05) is 0 Å². The van der Waals surface area contributed by atoms with E-state index < -0.39 is 11.6 Å². The van der Waals surface area contributed by atoms with Gasteiger partial charge in [0.05, 0.1) is 29.8 Å². The van der Waals surface area contributed by atoms with E-state index in [-0.39, 0.29) is 23.8 Å². The number of hydrogen-bond donors (Lipinski definition) is 2. The quantitative estimate of drug-likeness (QED) is 0.379. The summed E-state index contributed by atoms with van der Waals surface area (Å²) in [5, 5.41) is 0.748. The lowest BCUT2D eigenvalue weighted by Gasteiger charge is -2.37. The van der Waals surface area contributed by atoms with Crippen LogP contribution < -0.4 is 26.0 Å². The van der Waals surface area contributed by atoms with Gasteiger partial charge in [0.2, 0.25) is 5.91 Å². The summed E-state index contributed by atoms with van der Waals surface area (Å²) in [6.07, 6.45) is 6.35. The van der Waals surface area contributed by atoms with Gasteiger partial charge in [-0.05, 0) is 37.1 Å². The first-order valence-electron chi connectivity index (χ1n) is 13.0. The molecule has 0 bridgehead atoms. The predicted molar refractivity (Wildman–Crippen MR) is 148 cm³/mol. The number of amides is 1. The molecule has 11 heteroatoms. The number of halogens is 2. The minimum absolute atomic E-state index is 0.00000554. The standard InChI is InChI=1S/C28H29F2N7O2/c1-34-7-8-36(24(38)5-3-4-6-31)23-11-21-18(10-22(23)34)19-15-35(2)28(39)26-25(19)16(12-32-26)14-37(21)27-20(30)9-17(29)13-33-27/h9-13,15,32H,3-8,14,31H2,1-2H3. The number of nitrogens with zero attached hydrogens (tertiary/aromatic N) is 5. The van der Waals surface area contributed by atoms with Crippen molar-refractivity contribution in [1.29, 1.82) is 0 Å². The second-order valence-electron chi connectivity index (χ2n) is 10.1. The number of nitrogens with two attached hydrogens (primary N) is 1. The number of carbonyl (C=O) groups excluding carboxylic acids is 1. The number of benzene rings is 1. The number of likely N-dealkylation sites (N-methyl/N-ethyl adjacent to an activating group) is 1. The molecule has 39 heavy (non-hydrogen) atoms. The van der Waals surface area contributed by atoms with Crippen LogP contribution in [0.4, 0.5) is 31.7 Å². The number of H-pyrrole nitrogens is 1. The molecular formula is C28H29F2N7O2. The highest BCUT2D eigenvalue weighted by Gasteiger charge is 2.32. The van der Waals surface area contributed by atoms with Gasteiger partial charge in [0.15, 0.2) is 11.6 Å². The number of aromatic amines is 1. The van der Waals surface area contributed by atoms with Crippen molar-refractivity contribution in [3.63, 3.8) is 0 Å². The first-order chi connectivity index (χ1) is 18.8. The lowest BCUT2D eigenvalue weighted by atomic mass is 9.98. The lowest BCUT2D eigenvalue weighted by molar-refractivity contribution is -0.118. The molecule has 3 N–H and O–H groups in total. The van der Waals surface area contributed by atoms with Crippen molar-refractivity contribution in [3.8, 4) is 11.1 Å². The van der Waals surface area contributed by atoms with E-state index in [1.54, 1.807) is 29.2 Å². The first-order valence-corrected chi connectivity index (χ1v) is 13.0. The van der Waals surface area contributed by atoms with Crippen molar-refractivity contribution in [1.82, 2.24) is 14.5 Å². The van der Waals surface area contributed by atoms with Crippen LogP contribution in [0.5, 0.6) is 0 Å². The molecule has 202 valence electrons. The molecule has 2 aliphatic heterocycles. The van der Waals surface area contributed by atoms with Crippen molar-refractivity contribution in [3.05, 3.63) is 64.3 Å². The average molecular weight is 534 g/mol. The van der Waals surface area contributed by atoms with Gasteiger partial charge in [0.1, 0.15) is 11.3 Å². The molecule has 1 amide bonds. The molecule has 5 heterocycles. The summed E-state index contributed by atoms with van der Waals surface area (Å²) in [5.41, 5.74) is 10.4. The molecule has 0 fully saturated rings. The van der Waals surface area contributed by atoms with Crippen molar-refractivity contribution in [2.45, 2.75) is 25.8 Å². The number of unbranched alkanes of at least 4 members (excludes halogenated alkanes) is 1. The summed E-state index contributed by atoms with van der Waals surface area (Å²) in [5.74, 6) is -1.63. The highest BCUT2D eigenvalue weighted by Crippen LogP contribution is 2.48. The van der Waals surface area contributed by atoms with Gasteiger partial charge in [-0.2, -0.15) is 0 Å². The number of pyridine rings is 2. The van der Waals surface area contributed by atoms with Crippen LogP contribution in [0.25, 0.3) is 22.0 Å². The van der Waals surface area contributed by atoms with Gasteiger partial charge in [-0.3, -0.25) is 9.59 Å². The fraction of sp³-hybridized carbons (Fsp3) is 0.321. The summed E-state index contributed by atoms with van der Waals surface area (Å²) in [6.45, 7) is 1.86. The molecular weight excluding hydrogens is 504 g/mol. The van der Waals surface area contributed by atoms with E-state index in [1.807, 2.05) is 19.2 Å². The molecule has 1 aromatic carbocycles. The number of rotatable bonds is 5. The van der Waals surface area contributed by atoms with Gasteiger partial charge in [-0.25, -0.2) is 13.8 Å². The van der Waals surface area contributed by atoms with Crippen LogP contribution in [0.15, 0.2) is 41.6 Å². The minimum Gasteiger partial charge on any atom is -0.371 e. The number of aromatic nitrogens is 3. The summed E-state index contributed by atoms with van der Waals surface area (Å²) in [4.78, 5) is 39.0. The molecule has 6 rings (SSSR count). The zero-order valence-corrected chi connectivity index (χ0v) is 21.8. The maximum Gasteiger partial charge on any atom is 0.274 e. The summed E-state index contributed by atoms with van der Waals surface area (Å²) >= 11 is 0. The maximum absolute atomic E-state index is 15.2. The molecule has 3 aromatic heterocycles. The van der Waals surface area contributed by atoms with Gasteiger partial charge in [0.25, 0.3) is 5.56 Å². The lowest BCUT2D eigenvalue weighted by Crippen LogP contribution is -2.42. The fourth-order valence-electron chi connectivity index (χ4n) is 5.65. The SMILES string of the molecule is CN1CCN(C(=O)CCCCN)c2cc3c(cc21)-c1cn(C)c(=O)c2[nH]cc(c12)CN3c1ncc(F)cc1F. The Labute approximate surface area is 223 Å². The van der Waals surface area contributed by atoms with E-state index in [0.29, 0.717) is 49.4 Å². The van der Waals surface area contributed by atoms with E-state index in [1.165, 1.54) is 4.57 Å². The minimum atomic E-state index is -0.807. The Hall–Kier alpha value is -4.25. The summed E-state index contributed by atoms with van der Waals surface area (Å²) < 4.78 is 30.6. The van der Waals surface area contributed by atoms with E-state index in [4.69, 9.17) is 5.73 Å².